The first kappa shape index (κ1) is 17.3. The van der Waals surface area contributed by atoms with Crippen molar-refractivity contribution in [2.24, 2.45) is 0 Å². The molecule has 0 spiro atoms. The fraction of sp³-hybridized carbons (Fsp3) is 0.923. The maximum absolute atomic E-state index is 9.10. The fourth-order valence-electron chi connectivity index (χ4n) is 1.68. The molecule has 0 saturated carbocycles. The molecule has 0 heterocycles. The molecule has 0 rings (SSSR count). The molecule has 0 aromatic heterocycles. The minimum Gasteiger partial charge on any atom is -0.385 e. The molecule has 0 amide bonds. The first-order valence-electron chi connectivity index (χ1n) is 6.61. The van der Waals surface area contributed by atoms with Crippen molar-refractivity contribution >= 4 is 0 Å². The van der Waals surface area contributed by atoms with Gasteiger partial charge in [0.15, 0.2) is 0 Å². The first-order valence-corrected chi connectivity index (χ1v) is 6.61. The molecule has 5 heteroatoms. The average molecular weight is 257 g/mol. The van der Waals surface area contributed by atoms with E-state index < -0.39 is 0 Å². The van der Waals surface area contributed by atoms with Gasteiger partial charge in [-0.05, 0) is 19.4 Å². The van der Waals surface area contributed by atoms with E-state index in [-0.39, 0.29) is 6.04 Å². The molecule has 0 aliphatic rings. The van der Waals surface area contributed by atoms with Gasteiger partial charge in [0.05, 0.1) is 12.7 Å². The number of ether oxygens (including phenoxy) is 2. The molecule has 0 aromatic carbocycles. The molecule has 1 unspecified atom stereocenters. The second-order valence-electron chi connectivity index (χ2n) is 4.28. The van der Waals surface area contributed by atoms with Gasteiger partial charge in [-0.1, -0.05) is 6.92 Å². The van der Waals surface area contributed by atoms with Gasteiger partial charge in [-0.15, -0.1) is 0 Å². The van der Waals surface area contributed by atoms with Crippen LogP contribution in [0.1, 0.15) is 19.8 Å². The van der Waals surface area contributed by atoms with Crippen LogP contribution < -0.4 is 5.32 Å². The summed E-state index contributed by atoms with van der Waals surface area (Å²) in [4.78, 5) is 2.25. The summed E-state index contributed by atoms with van der Waals surface area (Å²) in [5.74, 6) is 0. The van der Waals surface area contributed by atoms with E-state index in [9.17, 15) is 0 Å². The monoisotopic (exact) mass is 257 g/mol. The van der Waals surface area contributed by atoms with Gasteiger partial charge in [0.2, 0.25) is 0 Å². The van der Waals surface area contributed by atoms with Crippen LogP contribution in [0.4, 0.5) is 0 Å². The minimum atomic E-state index is -0.107. The molecule has 1 atom stereocenters. The molecule has 0 saturated heterocycles. The Morgan fingerprint density at radius 3 is 2.50 bits per heavy atom. The van der Waals surface area contributed by atoms with E-state index >= 15 is 0 Å². The lowest BCUT2D eigenvalue weighted by Gasteiger charge is -2.24. The van der Waals surface area contributed by atoms with Crippen LogP contribution >= 0.6 is 0 Å². The smallest absolute Gasteiger partial charge is 0.108 e. The Morgan fingerprint density at radius 1 is 1.22 bits per heavy atom. The third-order valence-corrected chi connectivity index (χ3v) is 2.67. The normalized spacial score (nSPS) is 12.6. The Balaban J connectivity index is 4.05. The van der Waals surface area contributed by atoms with Crippen LogP contribution in [0.3, 0.4) is 0 Å². The Morgan fingerprint density at radius 2 is 1.94 bits per heavy atom. The van der Waals surface area contributed by atoms with E-state index in [0.717, 1.165) is 45.6 Å². The molecule has 18 heavy (non-hydrogen) atoms. The summed E-state index contributed by atoms with van der Waals surface area (Å²) in [6.45, 7) is 6.96. The van der Waals surface area contributed by atoms with E-state index in [1.165, 1.54) is 0 Å². The molecule has 106 valence electrons. The van der Waals surface area contributed by atoms with Crippen LogP contribution in [-0.4, -0.2) is 64.6 Å². The maximum atomic E-state index is 9.10. The van der Waals surface area contributed by atoms with Crippen molar-refractivity contribution in [3.63, 3.8) is 0 Å². The highest BCUT2D eigenvalue weighted by Gasteiger charge is 2.12. The number of rotatable bonds is 12. The highest BCUT2D eigenvalue weighted by molar-refractivity contribution is 4.92. The molecule has 0 aromatic rings. The lowest BCUT2D eigenvalue weighted by molar-refractivity contribution is 0.129. The van der Waals surface area contributed by atoms with Crippen molar-refractivity contribution in [1.82, 2.24) is 10.2 Å². The summed E-state index contributed by atoms with van der Waals surface area (Å²) >= 11 is 0. The van der Waals surface area contributed by atoms with Crippen LogP contribution in [0.2, 0.25) is 0 Å². The molecular formula is C13H27N3O2. The van der Waals surface area contributed by atoms with Gasteiger partial charge in [0.25, 0.3) is 0 Å². The Kier molecular flexibility index (Phi) is 12.3. The van der Waals surface area contributed by atoms with Crippen molar-refractivity contribution in [2.75, 3.05) is 53.6 Å². The summed E-state index contributed by atoms with van der Waals surface area (Å²) in [5.41, 5.74) is 0. The second kappa shape index (κ2) is 12.8. The molecule has 0 aliphatic carbocycles. The zero-order valence-electron chi connectivity index (χ0n) is 11.9. The number of nitriles is 1. The van der Waals surface area contributed by atoms with Crippen LogP contribution in [0.15, 0.2) is 0 Å². The van der Waals surface area contributed by atoms with E-state index in [4.69, 9.17) is 14.7 Å². The van der Waals surface area contributed by atoms with E-state index in [1.54, 1.807) is 14.2 Å². The number of nitrogens with one attached hydrogen (secondary N) is 1. The van der Waals surface area contributed by atoms with Gasteiger partial charge in [-0.3, -0.25) is 4.90 Å². The predicted octanol–water partition coefficient (Wildman–Crippen LogP) is 0.863. The van der Waals surface area contributed by atoms with E-state index in [2.05, 4.69) is 23.2 Å². The SMILES string of the molecule is CCCNC(C#N)CN(CCCOC)CCOC. The highest BCUT2D eigenvalue weighted by Crippen LogP contribution is 1.96. The van der Waals surface area contributed by atoms with Gasteiger partial charge in [-0.25, -0.2) is 0 Å². The van der Waals surface area contributed by atoms with E-state index in [0.29, 0.717) is 6.61 Å². The topological polar surface area (TPSA) is 57.5 Å². The maximum Gasteiger partial charge on any atom is 0.108 e. The lowest BCUT2D eigenvalue weighted by atomic mass is 10.2. The molecule has 1 N–H and O–H groups in total. The summed E-state index contributed by atoms with van der Waals surface area (Å²) in [7, 11) is 3.41. The van der Waals surface area contributed by atoms with Crippen LogP contribution in [0.5, 0.6) is 0 Å². The summed E-state index contributed by atoms with van der Waals surface area (Å²) in [6, 6.07) is 2.20. The molecule has 0 fully saturated rings. The average Bonchev–Trinajstić information content (AvgIpc) is 2.40. The lowest BCUT2D eigenvalue weighted by Crippen LogP contribution is -2.42. The summed E-state index contributed by atoms with van der Waals surface area (Å²) < 4.78 is 10.2. The third-order valence-electron chi connectivity index (χ3n) is 2.67. The summed E-state index contributed by atoms with van der Waals surface area (Å²) in [6.07, 6.45) is 2.02. The Hall–Kier alpha value is -0.670. The molecule has 5 nitrogen and oxygen atoms in total. The van der Waals surface area contributed by atoms with E-state index in [1.807, 2.05) is 0 Å². The number of hydrogen-bond acceptors (Lipinski definition) is 5. The van der Waals surface area contributed by atoms with Crippen molar-refractivity contribution in [1.29, 1.82) is 5.26 Å². The first-order chi connectivity index (χ1) is 8.78. The van der Waals surface area contributed by atoms with Crippen LogP contribution in [0, 0.1) is 11.3 Å². The molecule has 0 aliphatic heterocycles. The van der Waals surface area contributed by atoms with Crippen LogP contribution in [-0.2, 0) is 9.47 Å². The van der Waals surface area contributed by atoms with Crippen molar-refractivity contribution in [3.8, 4) is 6.07 Å². The van der Waals surface area contributed by atoms with Gasteiger partial charge < -0.3 is 14.8 Å². The molecule has 0 bridgehead atoms. The Labute approximate surface area is 111 Å². The van der Waals surface area contributed by atoms with Crippen molar-refractivity contribution in [2.45, 2.75) is 25.8 Å². The number of nitrogens with zero attached hydrogens (tertiary/aromatic N) is 2. The van der Waals surface area contributed by atoms with Crippen LogP contribution in [0.25, 0.3) is 0 Å². The number of methoxy groups -OCH3 is 2. The standard InChI is InChI=1S/C13H27N3O2/c1-4-6-15-13(11-14)12-16(8-10-18-3)7-5-9-17-2/h13,15H,4-10,12H2,1-3H3. The van der Waals surface area contributed by atoms with Crippen molar-refractivity contribution in [3.05, 3.63) is 0 Å². The zero-order valence-corrected chi connectivity index (χ0v) is 11.9. The van der Waals surface area contributed by atoms with Gasteiger partial charge in [0, 0.05) is 40.5 Å². The quantitative estimate of drug-likeness (QED) is 0.526. The third kappa shape index (κ3) is 9.37. The Bertz CT molecular complexity index is 219. The summed E-state index contributed by atoms with van der Waals surface area (Å²) in [5, 5.41) is 12.3. The van der Waals surface area contributed by atoms with Gasteiger partial charge in [-0.2, -0.15) is 5.26 Å². The predicted molar refractivity (Wildman–Crippen MR) is 72.5 cm³/mol. The fourth-order valence-corrected chi connectivity index (χ4v) is 1.68. The minimum absolute atomic E-state index is 0.107. The molecular weight excluding hydrogens is 230 g/mol. The highest BCUT2D eigenvalue weighted by atomic mass is 16.5. The van der Waals surface area contributed by atoms with Gasteiger partial charge in [0.1, 0.15) is 6.04 Å². The molecule has 0 radical (unpaired) electrons. The second-order valence-corrected chi connectivity index (χ2v) is 4.28. The number of hydrogen-bond donors (Lipinski definition) is 1. The van der Waals surface area contributed by atoms with Gasteiger partial charge >= 0.3 is 0 Å². The van der Waals surface area contributed by atoms with Crippen molar-refractivity contribution < 1.29 is 9.47 Å². The zero-order chi connectivity index (χ0) is 13.6. The largest absolute Gasteiger partial charge is 0.385 e.